The van der Waals surface area contributed by atoms with E-state index in [-0.39, 0.29) is 5.54 Å². The van der Waals surface area contributed by atoms with Gasteiger partial charge < -0.3 is 5.32 Å². The van der Waals surface area contributed by atoms with Crippen LogP contribution in [-0.2, 0) is 12.1 Å². The quantitative estimate of drug-likeness (QED) is 0.795. The monoisotopic (exact) mass is 286 g/mol. The van der Waals surface area contributed by atoms with Crippen LogP contribution in [0.1, 0.15) is 26.5 Å². The van der Waals surface area contributed by atoms with Gasteiger partial charge in [0, 0.05) is 10.4 Å². The third-order valence-electron chi connectivity index (χ3n) is 3.15. The molecule has 20 heavy (non-hydrogen) atoms. The van der Waals surface area contributed by atoms with Gasteiger partial charge in [-0.3, -0.25) is 0 Å². The lowest BCUT2D eigenvalue weighted by molar-refractivity contribution is 0.347. The predicted molar refractivity (Wildman–Crippen MR) is 84.2 cm³/mol. The van der Waals surface area contributed by atoms with Crippen LogP contribution in [-0.4, -0.2) is 15.0 Å². The maximum Gasteiger partial charge on any atom is 0.102 e. The topological polar surface area (TPSA) is 42.7 Å². The molecule has 0 radical (unpaired) electrons. The third-order valence-corrected chi connectivity index (χ3v) is 4.05. The number of hydrogen-bond donors (Lipinski definition) is 1. The highest BCUT2D eigenvalue weighted by atomic mass is 32.1. The van der Waals surface area contributed by atoms with Crippen molar-refractivity contribution in [2.75, 3.05) is 5.32 Å². The normalized spacial score (nSPS) is 11.9. The minimum Gasteiger partial charge on any atom is -0.379 e. The summed E-state index contributed by atoms with van der Waals surface area (Å²) >= 11 is 1.76. The van der Waals surface area contributed by atoms with E-state index in [1.54, 1.807) is 11.3 Å². The lowest BCUT2D eigenvalue weighted by Crippen LogP contribution is -2.22. The Kier molecular flexibility index (Phi) is 3.22. The smallest absolute Gasteiger partial charge is 0.102 e. The Balaban J connectivity index is 1.71. The van der Waals surface area contributed by atoms with Crippen LogP contribution in [0.15, 0.2) is 35.8 Å². The second kappa shape index (κ2) is 4.90. The Morgan fingerprint density at radius 3 is 2.85 bits per heavy atom. The molecule has 3 rings (SSSR count). The van der Waals surface area contributed by atoms with Crippen molar-refractivity contribution in [1.29, 1.82) is 0 Å². The molecule has 0 fully saturated rings. The van der Waals surface area contributed by atoms with Crippen molar-refractivity contribution in [3.63, 3.8) is 0 Å². The minimum absolute atomic E-state index is 0.0269. The average Bonchev–Trinajstić information content (AvgIpc) is 3.04. The van der Waals surface area contributed by atoms with Gasteiger partial charge in [0.1, 0.15) is 5.69 Å². The fraction of sp³-hybridized carbons (Fsp3) is 0.333. The molecule has 0 atom stereocenters. The number of nitrogens with zero attached hydrogens (tertiary/aromatic N) is 3. The summed E-state index contributed by atoms with van der Waals surface area (Å²) in [5.41, 5.74) is 2.03. The van der Waals surface area contributed by atoms with Crippen molar-refractivity contribution >= 4 is 27.1 Å². The maximum atomic E-state index is 4.20. The molecule has 0 unspecified atom stereocenters. The standard InChI is InChI=1S/C15H18N4S/c1-15(2,3)19-10-13(17-18-19)9-16-12-4-5-14-11(8-12)6-7-20-14/h4-8,10,16H,9H2,1-3H3. The Morgan fingerprint density at radius 2 is 2.10 bits per heavy atom. The largest absolute Gasteiger partial charge is 0.379 e. The Bertz CT molecular complexity index is 721. The molecule has 0 aliphatic rings. The first-order chi connectivity index (χ1) is 9.52. The minimum atomic E-state index is -0.0269. The van der Waals surface area contributed by atoms with E-state index in [9.17, 15) is 0 Å². The number of nitrogens with one attached hydrogen (secondary N) is 1. The Labute approximate surface area is 122 Å². The fourth-order valence-corrected chi connectivity index (χ4v) is 2.75. The van der Waals surface area contributed by atoms with Crippen molar-refractivity contribution in [3.8, 4) is 0 Å². The molecule has 1 N–H and O–H groups in total. The van der Waals surface area contributed by atoms with Gasteiger partial charge in [-0.1, -0.05) is 5.21 Å². The van der Waals surface area contributed by atoms with E-state index in [1.807, 2.05) is 10.9 Å². The molecular weight excluding hydrogens is 268 g/mol. The number of hydrogen-bond acceptors (Lipinski definition) is 4. The van der Waals surface area contributed by atoms with Gasteiger partial charge in [0.05, 0.1) is 18.3 Å². The number of anilines is 1. The van der Waals surface area contributed by atoms with Gasteiger partial charge in [0.25, 0.3) is 0 Å². The summed E-state index contributed by atoms with van der Waals surface area (Å²) in [5, 5.41) is 15.2. The van der Waals surface area contributed by atoms with Gasteiger partial charge in [0.2, 0.25) is 0 Å². The highest BCUT2D eigenvalue weighted by Crippen LogP contribution is 2.24. The summed E-state index contributed by atoms with van der Waals surface area (Å²) in [7, 11) is 0. The molecule has 0 spiro atoms. The molecule has 0 aliphatic heterocycles. The molecule has 4 nitrogen and oxygen atoms in total. The number of fused-ring (bicyclic) bond motifs is 1. The van der Waals surface area contributed by atoms with Gasteiger partial charge >= 0.3 is 0 Å². The van der Waals surface area contributed by atoms with Gasteiger partial charge in [-0.15, -0.1) is 16.4 Å². The molecule has 2 heterocycles. The van der Waals surface area contributed by atoms with Gasteiger partial charge in [-0.25, -0.2) is 4.68 Å². The van der Waals surface area contributed by atoms with Crippen LogP contribution in [0, 0.1) is 0 Å². The number of aromatic nitrogens is 3. The van der Waals surface area contributed by atoms with Crippen molar-refractivity contribution in [1.82, 2.24) is 15.0 Å². The maximum absolute atomic E-state index is 4.20. The summed E-state index contributed by atoms with van der Waals surface area (Å²) in [4.78, 5) is 0. The number of rotatable bonds is 3. The summed E-state index contributed by atoms with van der Waals surface area (Å²) in [6, 6.07) is 8.56. The fourth-order valence-electron chi connectivity index (χ4n) is 1.98. The van der Waals surface area contributed by atoms with Crippen LogP contribution >= 0.6 is 11.3 Å². The number of thiophene rings is 1. The van der Waals surface area contributed by atoms with Gasteiger partial charge in [-0.2, -0.15) is 0 Å². The summed E-state index contributed by atoms with van der Waals surface area (Å²) in [5.74, 6) is 0. The van der Waals surface area contributed by atoms with Gasteiger partial charge in [0.15, 0.2) is 0 Å². The third kappa shape index (κ3) is 2.67. The van der Waals surface area contributed by atoms with Crippen LogP contribution in [0.4, 0.5) is 5.69 Å². The lowest BCUT2D eigenvalue weighted by Gasteiger charge is -2.17. The molecular formula is C15H18N4S. The first kappa shape index (κ1) is 13.1. The Hall–Kier alpha value is -1.88. The van der Waals surface area contributed by atoms with E-state index in [4.69, 9.17) is 0 Å². The molecule has 3 aromatic rings. The van der Waals surface area contributed by atoms with E-state index in [0.717, 1.165) is 11.4 Å². The molecule has 0 bridgehead atoms. The molecule has 104 valence electrons. The van der Waals surface area contributed by atoms with E-state index in [2.05, 4.69) is 66.0 Å². The van der Waals surface area contributed by atoms with Crippen molar-refractivity contribution in [2.45, 2.75) is 32.9 Å². The second-order valence-corrected chi connectivity index (χ2v) is 6.80. The van der Waals surface area contributed by atoms with Crippen LogP contribution < -0.4 is 5.32 Å². The van der Waals surface area contributed by atoms with Crippen molar-refractivity contribution in [3.05, 3.63) is 41.5 Å². The first-order valence-electron chi connectivity index (χ1n) is 6.65. The summed E-state index contributed by atoms with van der Waals surface area (Å²) in [6.07, 6.45) is 2.00. The lowest BCUT2D eigenvalue weighted by atomic mass is 10.1. The Morgan fingerprint density at radius 1 is 1.25 bits per heavy atom. The highest BCUT2D eigenvalue weighted by Gasteiger charge is 2.14. The number of benzene rings is 1. The van der Waals surface area contributed by atoms with Crippen LogP contribution in [0.2, 0.25) is 0 Å². The van der Waals surface area contributed by atoms with Gasteiger partial charge in [-0.05, 0) is 55.8 Å². The molecule has 5 heteroatoms. The zero-order valence-corrected chi connectivity index (χ0v) is 12.7. The summed E-state index contributed by atoms with van der Waals surface area (Å²) < 4.78 is 3.21. The summed E-state index contributed by atoms with van der Waals surface area (Å²) in [6.45, 7) is 7.03. The average molecular weight is 286 g/mol. The molecule has 0 saturated carbocycles. The SMILES string of the molecule is CC(C)(C)n1cc(CNc2ccc3sccc3c2)nn1. The molecule has 0 aliphatic carbocycles. The zero-order valence-electron chi connectivity index (χ0n) is 11.9. The zero-order chi connectivity index (χ0) is 14.2. The van der Waals surface area contributed by atoms with E-state index >= 15 is 0 Å². The molecule has 1 aromatic carbocycles. The predicted octanol–water partition coefficient (Wildman–Crippen LogP) is 3.86. The van der Waals surface area contributed by atoms with E-state index < -0.39 is 0 Å². The van der Waals surface area contributed by atoms with E-state index in [1.165, 1.54) is 10.1 Å². The first-order valence-corrected chi connectivity index (χ1v) is 7.53. The molecule has 2 aromatic heterocycles. The van der Waals surface area contributed by atoms with Crippen LogP contribution in [0.3, 0.4) is 0 Å². The van der Waals surface area contributed by atoms with E-state index in [0.29, 0.717) is 6.54 Å². The van der Waals surface area contributed by atoms with Crippen molar-refractivity contribution < 1.29 is 0 Å². The molecule has 0 amide bonds. The van der Waals surface area contributed by atoms with Crippen LogP contribution in [0.5, 0.6) is 0 Å². The molecule has 0 saturated heterocycles. The highest BCUT2D eigenvalue weighted by molar-refractivity contribution is 7.17. The van der Waals surface area contributed by atoms with Crippen LogP contribution in [0.25, 0.3) is 10.1 Å². The van der Waals surface area contributed by atoms with Crippen molar-refractivity contribution in [2.24, 2.45) is 0 Å². The second-order valence-electron chi connectivity index (χ2n) is 5.85.